The van der Waals surface area contributed by atoms with E-state index < -0.39 is 0 Å². The van der Waals surface area contributed by atoms with Gasteiger partial charge in [0.15, 0.2) is 0 Å². The zero-order valence-electron chi connectivity index (χ0n) is 15.9. The van der Waals surface area contributed by atoms with Crippen LogP contribution in [0.25, 0.3) is 10.8 Å². The summed E-state index contributed by atoms with van der Waals surface area (Å²) >= 11 is 0. The Bertz CT molecular complexity index is 962. The molecule has 0 aliphatic heterocycles. The first-order chi connectivity index (χ1) is 13.0. The molecule has 27 heavy (non-hydrogen) atoms. The number of fused-ring (bicyclic) bond motifs is 1. The predicted octanol–water partition coefficient (Wildman–Crippen LogP) is 4.25. The van der Waals surface area contributed by atoms with E-state index in [4.69, 9.17) is 0 Å². The predicted molar refractivity (Wildman–Crippen MR) is 109 cm³/mol. The molecular weight excluding hydrogens is 336 g/mol. The molecule has 1 N–H and O–H groups in total. The SMILES string of the molecule is CC(C)N(C)C(=O)c1ccc(CNC(=O)c2ccc3ccccc3c2)cc1. The number of carbonyl (C=O) groups is 2. The van der Waals surface area contributed by atoms with Gasteiger partial charge >= 0.3 is 0 Å². The molecule has 0 aliphatic carbocycles. The molecule has 3 aromatic rings. The number of nitrogens with zero attached hydrogens (tertiary/aromatic N) is 1. The summed E-state index contributed by atoms with van der Waals surface area (Å²) in [4.78, 5) is 26.4. The van der Waals surface area contributed by atoms with Crippen LogP contribution in [0.3, 0.4) is 0 Å². The highest BCUT2D eigenvalue weighted by atomic mass is 16.2. The van der Waals surface area contributed by atoms with Crippen molar-refractivity contribution in [2.45, 2.75) is 26.4 Å². The van der Waals surface area contributed by atoms with Crippen LogP contribution >= 0.6 is 0 Å². The fourth-order valence-electron chi connectivity index (χ4n) is 2.82. The van der Waals surface area contributed by atoms with Gasteiger partial charge in [-0.15, -0.1) is 0 Å². The molecule has 0 aromatic heterocycles. The molecule has 0 aliphatic rings. The monoisotopic (exact) mass is 360 g/mol. The molecule has 0 heterocycles. The minimum Gasteiger partial charge on any atom is -0.348 e. The van der Waals surface area contributed by atoms with E-state index in [1.54, 1.807) is 24.1 Å². The van der Waals surface area contributed by atoms with Gasteiger partial charge in [0.25, 0.3) is 11.8 Å². The molecule has 0 saturated heterocycles. The van der Waals surface area contributed by atoms with Crippen molar-refractivity contribution in [1.82, 2.24) is 10.2 Å². The van der Waals surface area contributed by atoms with Gasteiger partial charge in [0.2, 0.25) is 0 Å². The van der Waals surface area contributed by atoms with E-state index in [1.165, 1.54) is 0 Å². The van der Waals surface area contributed by atoms with Crippen molar-refractivity contribution < 1.29 is 9.59 Å². The van der Waals surface area contributed by atoms with E-state index in [1.807, 2.05) is 68.4 Å². The average molecular weight is 360 g/mol. The number of carbonyl (C=O) groups excluding carboxylic acids is 2. The lowest BCUT2D eigenvalue weighted by Crippen LogP contribution is -2.32. The largest absolute Gasteiger partial charge is 0.348 e. The van der Waals surface area contributed by atoms with E-state index in [9.17, 15) is 9.59 Å². The van der Waals surface area contributed by atoms with Gasteiger partial charge in [0.05, 0.1) is 0 Å². The molecule has 0 saturated carbocycles. The fourth-order valence-corrected chi connectivity index (χ4v) is 2.82. The van der Waals surface area contributed by atoms with Crippen LogP contribution in [0.2, 0.25) is 0 Å². The Morgan fingerprint density at radius 1 is 0.889 bits per heavy atom. The van der Waals surface area contributed by atoms with E-state index in [0.717, 1.165) is 16.3 Å². The van der Waals surface area contributed by atoms with Crippen molar-refractivity contribution in [3.63, 3.8) is 0 Å². The van der Waals surface area contributed by atoms with E-state index >= 15 is 0 Å². The van der Waals surface area contributed by atoms with Gasteiger partial charge in [-0.1, -0.05) is 42.5 Å². The summed E-state index contributed by atoms with van der Waals surface area (Å²) in [5.41, 5.74) is 2.24. The summed E-state index contributed by atoms with van der Waals surface area (Å²) in [5, 5.41) is 5.09. The quantitative estimate of drug-likeness (QED) is 0.739. The molecule has 3 rings (SSSR count). The molecule has 4 nitrogen and oxygen atoms in total. The summed E-state index contributed by atoms with van der Waals surface area (Å²) in [5.74, 6) is -0.114. The maximum atomic E-state index is 12.4. The van der Waals surface area contributed by atoms with Crippen LogP contribution in [0.5, 0.6) is 0 Å². The second kappa shape index (κ2) is 8.04. The van der Waals surface area contributed by atoms with E-state index in [0.29, 0.717) is 17.7 Å². The third-order valence-electron chi connectivity index (χ3n) is 4.76. The first kappa shape index (κ1) is 18.6. The Morgan fingerprint density at radius 2 is 1.52 bits per heavy atom. The van der Waals surface area contributed by atoms with Crippen LogP contribution in [0, 0.1) is 0 Å². The van der Waals surface area contributed by atoms with Crippen LogP contribution in [-0.4, -0.2) is 29.8 Å². The molecule has 3 aromatic carbocycles. The molecule has 0 radical (unpaired) electrons. The van der Waals surface area contributed by atoms with Gasteiger partial charge in [-0.2, -0.15) is 0 Å². The maximum absolute atomic E-state index is 12.4. The molecule has 4 heteroatoms. The third-order valence-corrected chi connectivity index (χ3v) is 4.76. The molecule has 0 fully saturated rings. The lowest BCUT2D eigenvalue weighted by molar-refractivity contribution is 0.0754. The molecule has 0 bridgehead atoms. The Balaban J connectivity index is 1.63. The van der Waals surface area contributed by atoms with E-state index in [-0.39, 0.29) is 17.9 Å². The van der Waals surface area contributed by atoms with Gasteiger partial charge in [0, 0.05) is 30.8 Å². The van der Waals surface area contributed by atoms with Gasteiger partial charge in [-0.05, 0) is 54.4 Å². The maximum Gasteiger partial charge on any atom is 0.253 e. The average Bonchev–Trinajstić information content (AvgIpc) is 2.70. The smallest absolute Gasteiger partial charge is 0.253 e. The van der Waals surface area contributed by atoms with Gasteiger partial charge in [-0.25, -0.2) is 0 Å². The first-order valence-corrected chi connectivity index (χ1v) is 9.09. The van der Waals surface area contributed by atoms with Crippen molar-refractivity contribution in [2.24, 2.45) is 0 Å². The van der Waals surface area contributed by atoms with Crippen molar-refractivity contribution in [3.05, 3.63) is 83.4 Å². The zero-order valence-corrected chi connectivity index (χ0v) is 15.9. The van der Waals surface area contributed by atoms with Crippen molar-refractivity contribution in [2.75, 3.05) is 7.05 Å². The summed E-state index contributed by atoms with van der Waals surface area (Å²) in [6, 6.07) is 21.2. The first-order valence-electron chi connectivity index (χ1n) is 9.09. The highest BCUT2D eigenvalue weighted by molar-refractivity contribution is 5.98. The number of amides is 2. The van der Waals surface area contributed by atoms with Crippen molar-refractivity contribution in [3.8, 4) is 0 Å². The summed E-state index contributed by atoms with van der Waals surface area (Å²) < 4.78 is 0. The normalized spacial score (nSPS) is 10.8. The van der Waals surface area contributed by atoms with Crippen LogP contribution in [-0.2, 0) is 6.54 Å². The Labute approximate surface area is 159 Å². The molecule has 0 unspecified atom stereocenters. The Kier molecular flexibility index (Phi) is 5.55. The topological polar surface area (TPSA) is 49.4 Å². The van der Waals surface area contributed by atoms with Gasteiger partial charge in [0.1, 0.15) is 0 Å². The lowest BCUT2D eigenvalue weighted by Gasteiger charge is -2.21. The highest BCUT2D eigenvalue weighted by Gasteiger charge is 2.14. The second-order valence-corrected chi connectivity index (χ2v) is 6.95. The summed E-state index contributed by atoms with van der Waals surface area (Å²) in [6.07, 6.45) is 0. The molecule has 2 amide bonds. The number of rotatable bonds is 5. The van der Waals surface area contributed by atoms with Gasteiger partial charge < -0.3 is 10.2 Å². The van der Waals surface area contributed by atoms with Crippen molar-refractivity contribution >= 4 is 22.6 Å². The minimum absolute atomic E-state index is 0.00301. The van der Waals surface area contributed by atoms with Crippen LogP contribution in [0.15, 0.2) is 66.7 Å². The number of hydrogen-bond donors (Lipinski definition) is 1. The number of hydrogen-bond acceptors (Lipinski definition) is 2. The highest BCUT2D eigenvalue weighted by Crippen LogP contribution is 2.16. The molecule has 0 spiro atoms. The molecule has 0 atom stereocenters. The Hall–Kier alpha value is -3.14. The summed E-state index contributed by atoms with van der Waals surface area (Å²) in [7, 11) is 1.80. The zero-order chi connectivity index (χ0) is 19.4. The molecule has 138 valence electrons. The second-order valence-electron chi connectivity index (χ2n) is 6.95. The molecular formula is C23H24N2O2. The van der Waals surface area contributed by atoms with Crippen molar-refractivity contribution in [1.29, 1.82) is 0 Å². The van der Waals surface area contributed by atoms with Crippen LogP contribution in [0.4, 0.5) is 0 Å². The summed E-state index contributed by atoms with van der Waals surface area (Å²) in [6.45, 7) is 4.38. The Morgan fingerprint density at radius 3 is 2.19 bits per heavy atom. The standard InChI is InChI=1S/C23H24N2O2/c1-16(2)25(3)23(27)19-10-8-17(9-11-19)15-24-22(26)21-13-12-18-6-4-5-7-20(18)14-21/h4-14,16H,15H2,1-3H3,(H,24,26). The van der Waals surface area contributed by atoms with Crippen LogP contribution < -0.4 is 5.32 Å². The third kappa shape index (κ3) is 4.34. The van der Waals surface area contributed by atoms with Gasteiger partial charge in [-0.3, -0.25) is 9.59 Å². The lowest BCUT2D eigenvalue weighted by atomic mass is 10.1. The minimum atomic E-state index is -0.111. The number of benzene rings is 3. The van der Waals surface area contributed by atoms with Crippen LogP contribution in [0.1, 0.15) is 40.1 Å². The number of nitrogens with one attached hydrogen (secondary N) is 1. The van der Waals surface area contributed by atoms with E-state index in [2.05, 4.69) is 5.32 Å². The fraction of sp³-hybridized carbons (Fsp3) is 0.217.